The number of hydrogen-bond donors (Lipinski definition) is 1. The van der Waals surface area contributed by atoms with Gasteiger partial charge >= 0.3 is 0 Å². The third kappa shape index (κ3) is 5.34. The molecule has 0 spiro atoms. The van der Waals surface area contributed by atoms with Gasteiger partial charge in [-0.2, -0.15) is 0 Å². The molecular formula is C27H29N3O3. The van der Waals surface area contributed by atoms with Crippen LogP contribution >= 0.6 is 0 Å². The number of carbonyl (C=O) groups excluding carboxylic acids is 1. The van der Waals surface area contributed by atoms with Gasteiger partial charge in [-0.1, -0.05) is 30.3 Å². The summed E-state index contributed by atoms with van der Waals surface area (Å²) in [4.78, 5) is 17.3. The van der Waals surface area contributed by atoms with E-state index in [0.717, 1.165) is 28.2 Å². The zero-order chi connectivity index (χ0) is 23.2. The fourth-order valence-corrected chi connectivity index (χ4v) is 3.83. The van der Waals surface area contributed by atoms with Crippen LogP contribution in [0.3, 0.4) is 0 Å². The Labute approximate surface area is 194 Å². The second kappa shape index (κ2) is 10.2. The number of methoxy groups -OCH3 is 1. The first kappa shape index (κ1) is 22.4. The van der Waals surface area contributed by atoms with Crippen LogP contribution in [0.25, 0.3) is 11.0 Å². The van der Waals surface area contributed by atoms with Crippen molar-refractivity contribution in [3.05, 3.63) is 89.2 Å². The molecule has 4 aromatic rings. The van der Waals surface area contributed by atoms with E-state index in [-0.39, 0.29) is 5.91 Å². The molecule has 0 atom stereocenters. The Balaban J connectivity index is 1.43. The van der Waals surface area contributed by atoms with Crippen molar-refractivity contribution in [3.63, 3.8) is 0 Å². The zero-order valence-electron chi connectivity index (χ0n) is 19.3. The largest absolute Gasteiger partial charge is 0.497 e. The maximum absolute atomic E-state index is 12.5. The first-order chi connectivity index (χ1) is 16.0. The van der Waals surface area contributed by atoms with E-state index in [4.69, 9.17) is 14.5 Å². The van der Waals surface area contributed by atoms with E-state index in [0.29, 0.717) is 37.4 Å². The summed E-state index contributed by atoms with van der Waals surface area (Å²) in [6.45, 7) is 5.81. The number of fused-ring (bicyclic) bond motifs is 1. The molecule has 0 bridgehead atoms. The van der Waals surface area contributed by atoms with Crippen LogP contribution in [0.2, 0.25) is 0 Å². The molecule has 170 valence electrons. The van der Waals surface area contributed by atoms with Gasteiger partial charge in [-0.3, -0.25) is 4.79 Å². The quantitative estimate of drug-likeness (QED) is 0.407. The highest BCUT2D eigenvalue weighted by Crippen LogP contribution is 2.20. The van der Waals surface area contributed by atoms with Gasteiger partial charge in [0.1, 0.15) is 23.9 Å². The minimum Gasteiger partial charge on any atom is -0.497 e. The molecule has 0 saturated heterocycles. The summed E-state index contributed by atoms with van der Waals surface area (Å²) in [5.74, 6) is 2.36. The number of para-hydroxylation sites is 2. The van der Waals surface area contributed by atoms with Crippen LogP contribution in [0.1, 0.15) is 27.3 Å². The zero-order valence-corrected chi connectivity index (χ0v) is 19.3. The Bertz CT molecular complexity index is 1260. The Kier molecular flexibility index (Phi) is 6.93. The minimum atomic E-state index is -0.130. The lowest BCUT2D eigenvalue weighted by Gasteiger charge is -2.13. The van der Waals surface area contributed by atoms with Crippen molar-refractivity contribution in [2.75, 3.05) is 20.3 Å². The summed E-state index contributed by atoms with van der Waals surface area (Å²) in [5.41, 5.74) is 4.88. The molecule has 6 nitrogen and oxygen atoms in total. The van der Waals surface area contributed by atoms with Crippen LogP contribution in [0.4, 0.5) is 0 Å². The average molecular weight is 444 g/mol. The molecule has 6 heteroatoms. The van der Waals surface area contributed by atoms with Crippen LogP contribution in [0, 0.1) is 13.8 Å². The Morgan fingerprint density at radius 3 is 2.73 bits per heavy atom. The molecular weight excluding hydrogens is 414 g/mol. The molecule has 1 aromatic heterocycles. The second-order valence-electron chi connectivity index (χ2n) is 8.02. The maximum atomic E-state index is 12.5. The van der Waals surface area contributed by atoms with E-state index in [9.17, 15) is 4.79 Å². The number of nitrogens with zero attached hydrogens (tertiary/aromatic N) is 2. The number of amides is 1. The summed E-state index contributed by atoms with van der Waals surface area (Å²) >= 11 is 0. The highest BCUT2D eigenvalue weighted by molar-refractivity contribution is 5.94. The van der Waals surface area contributed by atoms with Gasteiger partial charge in [0.05, 0.1) is 24.7 Å². The number of aromatic nitrogens is 2. The van der Waals surface area contributed by atoms with Crippen LogP contribution in [0.15, 0.2) is 66.7 Å². The van der Waals surface area contributed by atoms with Crippen LogP contribution < -0.4 is 14.8 Å². The summed E-state index contributed by atoms with van der Waals surface area (Å²) < 4.78 is 13.5. The van der Waals surface area contributed by atoms with Gasteiger partial charge in [0.15, 0.2) is 0 Å². The van der Waals surface area contributed by atoms with Crippen molar-refractivity contribution in [3.8, 4) is 11.5 Å². The number of nitrogens with one attached hydrogen (secondary N) is 1. The Morgan fingerprint density at radius 1 is 1.03 bits per heavy atom. The predicted molar refractivity (Wildman–Crippen MR) is 130 cm³/mol. The van der Waals surface area contributed by atoms with Crippen LogP contribution in [-0.4, -0.2) is 35.7 Å². The molecule has 0 aliphatic rings. The molecule has 1 heterocycles. The summed E-state index contributed by atoms with van der Waals surface area (Å²) in [6, 6.07) is 21.4. The molecule has 0 aliphatic heterocycles. The normalized spacial score (nSPS) is 10.9. The van der Waals surface area contributed by atoms with Gasteiger partial charge in [0, 0.05) is 18.5 Å². The highest BCUT2D eigenvalue weighted by Gasteiger charge is 2.12. The Hall–Kier alpha value is -3.80. The minimum absolute atomic E-state index is 0.130. The number of rotatable bonds is 9. The van der Waals surface area contributed by atoms with Crippen molar-refractivity contribution in [2.45, 2.75) is 26.8 Å². The van der Waals surface area contributed by atoms with Gasteiger partial charge in [-0.05, 0) is 61.4 Å². The number of benzene rings is 3. The lowest BCUT2D eigenvalue weighted by molar-refractivity contribution is 0.0953. The first-order valence-corrected chi connectivity index (χ1v) is 11.1. The van der Waals surface area contributed by atoms with Crippen molar-refractivity contribution < 1.29 is 14.3 Å². The molecule has 1 amide bonds. The van der Waals surface area contributed by atoms with E-state index in [1.165, 1.54) is 5.56 Å². The van der Waals surface area contributed by atoms with Gasteiger partial charge in [0.2, 0.25) is 0 Å². The fourth-order valence-electron chi connectivity index (χ4n) is 3.83. The standard InChI is InChI=1S/C27H29N3O3/c1-19-11-12-20(2)25(17-19)33-16-15-30-24-10-5-4-9-23(24)29-26(30)13-14-28-27(31)21-7-6-8-22(18-21)32-3/h4-12,17-18H,13-16H2,1-3H3,(H,28,31). The number of hydrogen-bond acceptors (Lipinski definition) is 4. The Morgan fingerprint density at radius 2 is 1.88 bits per heavy atom. The van der Waals surface area contributed by atoms with E-state index >= 15 is 0 Å². The molecule has 0 aliphatic carbocycles. The number of aryl methyl sites for hydroxylation is 2. The van der Waals surface area contributed by atoms with Crippen molar-refractivity contribution in [1.29, 1.82) is 0 Å². The number of ether oxygens (including phenoxy) is 2. The fraction of sp³-hybridized carbons (Fsp3) is 0.259. The van der Waals surface area contributed by atoms with Gasteiger partial charge in [0.25, 0.3) is 5.91 Å². The molecule has 0 saturated carbocycles. The van der Waals surface area contributed by atoms with Crippen LogP contribution in [0.5, 0.6) is 11.5 Å². The van der Waals surface area contributed by atoms with Gasteiger partial charge in [-0.15, -0.1) is 0 Å². The van der Waals surface area contributed by atoms with Gasteiger partial charge in [-0.25, -0.2) is 4.98 Å². The van der Waals surface area contributed by atoms with Crippen molar-refractivity contribution >= 4 is 16.9 Å². The third-order valence-electron chi connectivity index (χ3n) is 5.62. The maximum Gasteiger partial charge on any atom is 0.251 e. The predicted octanol–water partition coefficient (Wildman–Crippen LogP) is 4.71. The molecule has 4 rings (SSSR count). The molecule has 33 heavy (non-hydrogen) atoms. The molecule has 0 fully saturated rings. The van der Waals surface area contributed by atoms with Crippen molar-refractivity contribution in [1.82, 2.24) is 14.9 Å². The molecule has 0 radical (unpaired) electrons. The SMILES string of the molecule is COc1cccc(C(=O)NCCc2nc3ccccc3n2CCOc2cc(C)ccc2C)c1. The van der Waals surface area contributed by atoms with Crippen molar-refractivity contribution in [2.24, 2.45) is 0 Å². The van der Waals surface area contributed by atoms with Crippen LogP contribution in [-0.2, 0) is 13.0 Å². The highest BCUT2D eigenvalue weighted by atomic mass is 16.5. The molecule has 3 aromatic carbocycles. The summed E-state index contributed by atoms with van der Waals surface area (Å²) in [5, 5.41) is 2.99. The van der Waals surface area contributed by atoms with Gasteiger partial charge < -0.3 is 19.4 Å². The third-order valence-corrected chi connectivity index (χ3v) is 5.62. The van der Waals surface area contributed by atoms with E-state index < -0.39 is 0 Å². The van der Waals surface area contributed by atoms with E-state index in [1.54, 1.807) is 19.2 Å². The number of imidazole rings is 1. The van der Waals surface area contributed by atoms with E-state index in [1.807, 2.05) is 30.3 Å². The number of carbonyl (C=O) groups is 1. The molecule has 0 unspecified atom stereocenters. The first-order valence-electron chi connectivity index (χ1n) is 11.1. The monoisotopic (exact) mass is 443 g/mol. The summed E-state index contributed by atoms with van der Waals surface area (Å²) in [6.07, 6.45) is 0.619. The average Bonchev–Trinajstić information content (AvgIpc) is 3.18. The lowest BCUT2D eigenvalue weighted by atomic mass is 10.1. The summed E-state index contributed by atoms with van der Waals surface area (Å²) in [7, 11) is 1.59. The lowest BCUT2D eigenvalue weighted by Crippen LogP contribution is -2.26. The smallest absolute Gasteiger partial charge is 0.251 e. The second-order valence-corrected chi connectivity index (χ2v) is 8.02. The molecule has 1 N–H and O–H groups in total. The topological polar surface area (TPSA) is 65.4 Å². The van der Waals surface area contributed by atoms with E-state index in [2.05, 4.69) is 48.0 Å².